The molecule has 3 aromatic rings. The smallest absolute Gasteiger partial charge is 0.344 e. The predicted octanol–water partition coefficient (Wildman–Crippen LogP) is 3.56. The van der Waals surface area contributed by atoms with Gasteiger partial charge in [0.2, 0.25) is 5.91 Å². The van der Waals surface area contributed by atoms with E-state index in [1.54, 1.807) is 48.5 Å². The van der Waals surface area contributed by atoms with E-state index in [0.29, 0.717) is 29.5 Å². The van der Waals surface area contributed by atoms with Crippen molar-refractivity contribution in [1.29, 1.82) is 0 Å². The van der Waals surface area contributed by atoms with Crippen LogP contribution in [-0.2, 0) is 25.7 Å². The number of hydrogen-bond acceptors (Lipinski definition) is 6. The van der Waals surface area contributed by atoms with Crippen LogP contribution in [0.3, 0.4) is 0 Å². The summed E-state index contributed by atoms with van der Waals surface area (Å²) in [5.74, 6) is -0.367. The van der Waals surface area contributed by atoms with Gasteiger partial charge >= 0.3 is 5.97 Å². The fourth-order valence-corrected chi connectivity index (χ4v) is 3.45. The van der Waals surface area contributed by atoms with E-state index in [4.69, 9.17) is 14.2 Å². The largest absolute Gasteiger partial charge is 0.489 e. The van der Waals surface area contributed by atoms with E-state index < -0.39 is 18.0 Å². The molecule has 3 aromatic carbocycles. The third-order valence-electron chi connectivity index (χ3n) is 5.12. The van der Waals surface area contributed by atoms with Gasteiger partial charge in [0.25, 0.3) is 5.91 Å². The van der Waals surface area contributed by atoms with E-state index in [-0.39, 0.29) is 19.1 Å². The van der Waals surface area contributed by atoms with Crippen LogP contribution in [0.2, 0.25) is 0 Å². The molecule has 0 bridgehead atoms. The number of para-hydroxylation sites is 2. The van der Waals surface area contributed by atoms with Gasteiger partial charge in [-0.05, 0) is 48.9 Å². The summed E-state index contributed by atoms with van der Waals surface area (Å²) in [5.41, 5.74) is 2.15. The molecule has 8 heteroatoms. The number of fused-ring (bicyclic) bond motifs is 1. The van der Waals surface area contributed by atoms with E-state index in [2.05, 4.69) is 5.32 Å². The van der Waals surface area contributed by atoms with Crippen LogP contribution in [0.4, 0.5) is 11.4 Å². The van der Waals surface area contributed by atoms with Crippen molar-refractivity contribution < 1.29 is 28.6 Å². The summed E-state index contributed by atoms with van der Waals surface area (Å²) in [5, 5.41) is 2.71. The van der Waals surface area contributed by atoms with Crippen LogP contribution in [0.5, 0.6) is 11.5 Å². The number of carbonyl (C=O) groups excluding carboxylic acids is 3. The Kier molecular flexibility index (Phi) is 7.07. The molecular weight excluding hydrogens is 436 g/mol. The minimum atomic E-state index is -1.08. The Labute approximate surface area is 197 Å². The Balaban J connectivity index is 1.26. The first kappa shape index (κ1) is 22.8. The minimum absolute atomic E-state index is 0.146. The highest BCUT2D eigenvalue weighted by Gasteiger charge is 2.31. The molecule has 1 unspecified atom stereocenters. The molecule has 2 amide bonds. The third kappa shape index (κ3) is 5.72. The van der Waals surface area contributed by atoms with Crippen molar-refractivity contribution in [1.82, 2.24) is 0 Å². The van der Waals surface area contributed by atoms with Gasteiger partial charge in [-0.2, -0.15) is 0 Å². The zero-order valence-electron chi connectivity index (χ0n) is 18.6. The van der Waals surface area contributed by atoms with Crippen molar-refractivity contribution in [3.8, 4) is 11.5 Å². The summed E-state index contributed by atoms with van der Waals surface area (Å²) in [6.45, 7) is 1.41. The molecule has 1 N–H and O–H groups in total. The van der Waals surface area contributed by atoms with Crippen molar-refractivity contribution >= 4 is 29.2 Å². The van der Waals surface area contributed by atoms with Gasteiger partial charge < -0.3 is 19.5 Å². The number of nitrogens with one attached hydrogen (secondary N) is 1. The number of esters is 1. The van der Waals surface area contributed by atoms with Crippen molar-refractivity contribution in [2.45, 2.75) is 19.6 Å². The zero-order valence-corrected chi connectivity index (χ0v) is 18.6. The van der Waals surface area contributed by atoms with Gasteiger partial charge in [-0.25, -0.2) is 4.79 Å². The normalized spacial score (nSPS) is 13.3. The first-order chi connectivity index (χ1) is 16.5. The second-order valence-electron chi connectivity index (χ2n) is 7.66. The van der Waals surface area contributed by atoms with E-state index >= 15 is 0 Å². The van der Waals surface area contributed by atoms with E-state index in [1.165, 1.54) is 11.8 Å². The topological polar surface area (TPSA) is 94.2 Å². The van der Waals surface area contributed by atoms with Gasteiger partial charge in [-0.1, -0.05) is 42.5 Å². The quantitative estimate of drug-likeness (QED) is 0.517. The van der Waals surface area contributed by atoms with E-state index in [1.807, 2.05) is 30.3 Å². The number of nitrogens with zero attached hydrogens (tertiary/aromatic N) is 1. The van der Waals surface area contributed by atoms with Gasteiger partial charge in [-0.15, -0.1) is 0 Å². The molecule has 34 heavy (non-hydrogen) atoms. The lowest BCUT2D eigenvalue weighted by atomic mass is 10.1. The number of anilines is 2. The molecular formula is C26H24N2O6. The third-order valence-corrected chi connectivity index (χ3v) is 5.12. The Hall–Kier alpha value is -4.33. The summed E-state index contributed by atoms with van der Waals surface area (Å²) >= 11 is 0. The van der Waals surface area contributed by atoms with Crippen LogP contribution < -0.4 is 19.7 Å². The van der Waals surface area contributed by atoms with Crippen LogP contribution in [0.15, 0.2) is 78.9 Å². The summed E-state index contributed by atoms with van der Waals surface area (Å²) in [6, 6.07) is 23.6. The highest BCUT2D eigenvalue weighted by Crippen LogP contribution is 2.29. The molecule has 0 fully saturated rings. The number of benzene rings is 3. The first-order valence-corrected chi connectivity index (χ1v) is 10.8. The summed E-state index contributed by atoms with van der Waals surface area (Å²) in [4.78, 5) is 38.3. The molecule has 0 saturated carbocycles. The number of hydrogen-bond donors (Lipinski definition) is 1. The number of carbonyl (C=O) groups is 3. The molecule has 8 nitrogen and oxygen atoms in total. The molecule has 0 aliphatic carbocycles. The van der Waals surface area contributed by atoms with Gasteiger partial charge in [-0.3, -0.25) is 14.5 Å². The number of amides is 2. The Morgan fingerprint density at radius 1 is 0.912 bits per heavy atom. The van der Waals surface area contributed by atoms with Gasteiger partial charge in [0, 0.05) is 0 Å². The fraction of sp³-hybridized carbons (Fsp3) is 0.192. The van der Waals surface area contributed by atoms with E-state index in [0.717, 1.165) is 5.56 Å². The lowest BCUT2D eigenvalue weighted by Crippen LogP contribution is -2.47. The molecule has 1 atom stereocenters. The molecule has 4 rings (SSSR count). The van der Waals surface area contributed by atoms with Crippen LogP contribution >= 0.6 is 0 Å². The standard InChI is InChI=1S/C26H24N2O6/c1-18(26(31)28-15-24(29)27-22-9-5-6-10-23(22)28)34-25(30)17-33-21-13-11-20(12-14-21)32-16-19-7-3-2-4-8-19/h2-14,18H,15-17H2,1H3,(H,27,29). The van der Waals surface area contributed by atoms with Gasteiger partial charge in [0.1, 0.15) is 24.7 Å². The predicted molar refractivity (Wildman–Crippen MR) is 126 cm³/mol. The van der Waals surface area contributed by atoms with Crippen molar-refractivity contribution in [3.63, 3.8) is 0 Å². The van der Waals surface area contributed by atoms with Crippen LogP contribution in [0, 0.1) is 0 Å². The fourth-order valence-electron chi connectivity index (χ4n) is 3.45. The van der Waals surface area contributed by atoms with Crippen molar-refractivity contribution in [3.05, 3.63) is 84.4 Å². The second-order valence-corrected chi connectivity index (χ2v) is 7.66. The lowest BCUT2D eigenvalue weighted by molar-refractivity contribution is -0.155. The summed E-state index contributed by atoms with van der Waals surface area (Å²) in [6.07, 6.45) is -1.08. The lowest BCUT2D eigenvalue weighted by Gasteiger charge is -2.30. The molecule has 174 valence electrons. The van der Waals surface area contributed by atoms with Gasteiger partial charge in [0.05, 0.1) is 11.4 Å². The molecule has 1 aliphatic rings. The summed E-state index contributed by atoms with van der Waals surface area (Å²) < 4.78 is 16.4. The van der Waals surface area contributed by atoms with Crippen LogP contribution in [-0.4, -0.2) is 37.0 Å². The molecule has 1 heterocycles. The number of ether oxygens (including phenoxy) is 3. The van der Waals surface area contributed by atoms with E-state index in [9.17, 15) is 14.4 Å². The maximum atomic E-state index is 12.8. The summed E-state index contributed by atoms with van der Waals surface area (Å²) in [7, 11) is 0. The Bertz CT molecular complexity index is 1160. The second kappa shape index (κ2) is 10.5. The molecule has 1 aliphatic heterocycles. The highest BCUT2D eigenvalue weighted by molar-refractivity contribution is 6.11. The first-order valence-electron chi connectivity index (χ1n) is 10.8. The Morgan fingerprint density at radius 2 is 1.56 bits per heavy atom. The van der Waals surface area contributed by atoms with Crippen molar-refractivity contribution in [2.24, 2.45) is 0 Å². The SMILES string of the molecule is CC(OC(=O)COc1ccc(OCc2ccccc2)cc1)C(=O)N1CC(=O)Nc2ccccc21. The average molecular weight is 460 g/mol. The molecule has 0 saturated heterocycles. The molecule has 0 spiro atoms. The Morgan fingerprint density at radius 3 is 2.29 bits per heavy atom. The maximum absolute atomic E-state index is 12.8. The van der Waals surface area contributed by atoms with Crippen LogP contribution in [0.25, 0.3) is 0 Å². The molecule has 0 aromatic heterocycles. The minimum Gasteiger partial charge on any atom is -0.489 e. The average Bonchev–Trinajstić information content (AvgIpc) is 2.86. The zero-order chi connectivity index (χ0) is 23.9. The van der Waals surface area contributed by atoms with Crippen LogP contribution in [0.1, 0.15) is 12.5 Å². The van der Waals surface area contributed by atoms with Gasteiger partial charge in [0.15, 0.2) is 12.7 Å². The number of rotatable bonds is 8. The maximum Gasteiger partial charge on any atom is 0.344 e. The molecule has 0 radical (unpaired) electrons. The monoisotopic (exact) mass is 460 g/mol. The van der Waals surface area contributed by atoms with Crippen molar-refractivity contribution in [2.75, 3.05) is 23.4 Å². The highest BCUT2D eigenvalue weighted by atomic mass is 16.6.